The minimum absolute atomic E-state index is 0.0628. The van der Waals surface area contributed by atoms with E-state index in [1.54, 1.807) is 38.1 Å². The number of ether oxygens (including phenoxy) is 1. The number of phenols is 1. The van der Waals surface area contributed by atoms with E-state index in [-0.39, 0.29) is 30.2 Å². The number of amides is 4. The van der Waals surface area contributed by atoms with Crippen LogP contribution < -0.4 is 26.0 Å². The number of aromatic hydroxyl groups is 1. The number of hydrogen-bond donors (Lipinski definition) is 6. The molecule has 6 N–H and O–H groups in total. The lowest BCUT2D eigenvalue weighted by Gasteiger charge is -2.25. The summed E-state index contributed by atoms with van der Waals surface area (Å²) < 4.78 is 5.90. The Labute approximate surface area is 249 Å². The van der Waals surface area contributed by atoms with Crippen LogP contribution in [0, 0.1) is 5.92 Å². The molecule has 2 aliphatic heterocycles. The molecule has 226 valence electrons. The molecule has 12 nitrogen and oxygen atoms in total. The molecule has 2 aromatic carbocycles. The van der Waals surface area contributed by atoms with Gasteiger partial charge in [0, 0.05) is 12.3 Å². The fourth-order valence-electron chi connectivity index (χ4n) is 4.82. The number of aromatic nitrogens is 2. The van der Waals surface area contributed by atoms with Gasteiger partial charge in [-0.2, -0.15) is 5.10 Å². The second kappa shape index (κ2) is 12.6. The maximum Gasteiger partial charge on any atom is 0.255 e. The predicted octanol–water partition coefficient (Wildman–Crippen LogP) is 2.40. The summed E-state index contributed by atoms with van der Waals surface area (Å²) in [6.45, 7) is 5.22. The average molecular weight is 589 g/mol. The monoisotopic (exact) mass is 588 g/mol. The number of aromatic amines is 1. The van der Waals surface area contributed by atoms with Crippen LogP contribution in [0.2, 0.25) is 0 Å². The van der Waals surface area contributed by atoms with Gasteiger partial charge >= 0.3 is 0 Å². The Morgan fingerprint density at radius 1 is 1.00 bits per heavy atom. The highest BCUT2D eigenvalue weighted by Gasteiger charge is 2.30. The number of H-pyrrole nitrogens is 1. The first kappa shape index (κ1) is 29.6. The van der Waals surface area contributed by atoms with E-state index in [4.69, 9.17) is 4.74 Å². The molecular formula is C31H36N6O6. The number of phenolic OH excluding ortho intramolecular Hbond substituents is 1. The van der Waals surface area contributed by atoms with Crippen molar-refractivity contribution in [1.82, 2.24) is 31.5 Å². The summed E-state index contributed by atoms with van der Waals surface area (Å²) in [4.78, 5) is 52.8. The smallest absolute Gasteiger partial charge is 0.255 e. The van der Waals surface area contributed by atoms with Crippen molar-refractivity contribution < 1.29 is 29.0 Å². The van der Waals surface area contributed by atoms with Crippen LogP contribution in [0.1, 0.15) is 66.8 Å². The molecule has 3 aliphatic rings. The molecule has 0 radical (unpaired) electrons. The number of nitrogens with zero attached hydrogens (tertiary/aromatic N) is 1. The van der Waals surface area contributed by atoms with Crippen LogP contribution >= 0.6 is 0 Å². The lowest BCUT2D eigenvalue weighted by Crippen LogP contribution is -2.57. The molecule has 0 spiro atoms. The number of rotatable bonds is 5. The molecule has 43 heavy (non-hydrogen) atoms. The zero-order valence-electron chi connectivity index (χ0n) is 24.3. The van der Waals surface area contributed by atoms with Crippen molar-refractivity contribution in [1.29, 1.82) is 0 Å². The van der Waals surface area contributed by atoms with Crippen molar-refractivity contribution in [3.63, 3.8) is 0 Å². The van der Waals surface area contributed by atoms with Crippen LogP contribution in [0.4, 0.5) is 0 Å². The first-order chi connectivity index (χ1) is 20.6. The molecule has 3 heterocycles. The average Bonchev–Trinajstić information content (AvgIpc) is 3.72. The Kier molecular flexibility index (Phi) is 8.65. The molecular weight excluding hydrogens is 552 g/mol. The summed E-state index contributed by atoms with van der Waals surface area (Å²) in [7, 11) is 0. The van der Waals surface area contributed by atoms with Gasteiger partial charge in [0.15, 0.2) is 0 Å². The second-order valence-electron chi connectivity index (χ2n) is 11.4. The van der Waals surface area contributed by atoms with Crippen LogP contribution in [-0.4, -0.2) is 57.1 Å². The van der Waals surface area contributed by atoms with E-state index in [2.05, 4.69) is 31.5 Å². The first-order valence-electron chi connectivity index (χ1n) is 14.4. The molecule has 12 heteroatoms. The molecule has 3 atom stereocenters. The standard InChI is InChI=1S/C31H36N6O6/c1-16(2)27-31(42)33-17(3)28(39)34-25(30(41)32-15-20-13-24(37-36-20)19-6-7-19)12-18-4-8-21(9-5-18)43-22-10-11-26(38)23(14-22)29(40)35-27/h4-5,8-11,13-14,16-17,19,25,27,38H,6-7,12,15H2,1-3H3,(H,32,41)(H,33,42)(H,34,39)(H,35,40)(H,36,37)/t17-,25-,27-/m0/s1. The highest BCUT2D eigenvalue weighted by Crippen LogP contribution is 2.39. The van der Waals surface area contributed by atoms with Crippen LogP contribution in [-0.2, 0) is 27.3 Å². The van der Waals surface area contributed by atoms with Crippen molar-refractivity contribution in [2.24, 2.45) is 5.92 Å². The zero-order valence-corrected chi connectivity index (χ0v) is 24.3. The zero-order chi connectivity index (χ0) is 30.7. The predicted molar refractivity (Wildman–Crippen MR) is 156 cm³/mol. The highest BCUT2D eigenvalue weighted by atomic mass is 16.5. The number of carbonyl (C=O) groups excluding carboxylic acids is 4. The van der Waals surface area contributed by atoms with Crippen molar-refractivity contribution >= 4 is 23.6 Å². The van der Waals surface area contributed by atoms with Gasteiger partial charge in [0.1, 0.15) is 35.4 Å². The lowest BCUT2D eigenvalue weighted by atomic mass is 10.0. The molecule has 4 amide bonds. The number of benzene rings is 2. The van der Waals surface area contributed by atoms with Crippen molar-refractivity contribution in [2.45, 2.75) is 70.6 Å². The summed E-state index contributed by atoms with van der Waals surface area (Å²) in [5.74, 6) is -1.58. The van der Waals surface area contributed by atoms with Crippen LogP contribution in [0.15, 0.2) is 48.5 Å². The molecule has 6 rings (SSSR count). The van der Waals surface area contributed by atoms with E-state index in [0.717, 1.165) is 29.8 Å². The fourth-order valence-corrected chi connectivity index (χ4v) is 4.82. The Hall–Kier alpha value is -4.87. The maximum atomic E-state index is 13.3. The fraction of sp³-hybridized carbons (Fsp3) is 0.387. The van der Waals surface area contributed by atoms with Gasteiger partial charge in [-0.25, -0.2) is 0 Å². The van der Waals surface area contributed by atoms with E-state index in [1.807, 2.05) is 6.07 Å². The molecule has 0 unspecified atom stereocenters. The molecule has 1 saturated carbocycles. The molecule has 1 aliphatic carbocycles. The molecule has 1 aromatic heterocycles. The van der Waals surface area contributed by atoms with Crippen molar-refractivity contribution in [3.8, 4) is 17.2 Å². The Balaban J connectivity index is 1.39. The van der Waals surface area contributed by atoms with Gasteiger partial charge in [0.25, 0.3) is 5.91 Å². The molecule has 3 aromatic rings. The third-order valence-electron chi connectivity index (χ3n) is 7.53. The summed E-state index contributed by atoms with van der Waals surface area (Å²) in [5.41, 5.74) is 2.45. The topological polar surface area (TPSA) is 175 Å². The van der Waals surface area contributed by atoms with E-state index in [9.17, 15) is 24.3 Å². The normalized spacial score (nSPS) is 21.2. The first-order valence-corrected chi connectivity index (χ1v) is 14.4. The van der Waals surface area contributed by atoms with E-state index < -0.39 is 41.8 Å². The van der Waals surface area contributed by atoms with E-state index in [1.165, 1.54) is 25.1 Å². The summed E-state index contributed by atoms with van der Waals surface area (Å²) in [6, 6.07) is 10.2. The van der Waals surface area contributed by atoms with Crippen LogP contribution in [0.25, 0.3) is 0 Å². The number of hydrogen-bond acceptors (Lipinski definition) is 7. The van der Waals surface area contributed by atoms with E-state index in [0.29, 0.717) is 17.4 Å². The third kappa shape index (κ3) is 7.32. The lowest BCUT2D eigenvalue weighted by molar-refractivity contribution is -0.132. The number of nitrogens with one attached hydrogen (secondary N) is 5. The van der Waals surface area contributed by atoms with Gasteiger partial charge in [-0.05, 0) is 67.6 Å². The quantitative estimate of drug-likeness (QED) is 0.248. The third-order valence-corrected chi connectivity index (χ3v) is 7.53. The molecule has 1 fully saturated rings. The molecule has 4 bridgehead atoms. The maximum absolute atomic E-state index is 13.3. The van der Waals surface area contributed by atoms with E-state index >= 15 is 0 Å². The number of carbonyl (C=O) groups is 4. The molecule has 0 saturated heterocycles. The van der Waals surface area contributed by atoms with Gasteiger partial charge < -0.3 is 31.1 Å². The Morgan fingerprint density at radius 3 is 2.42 bits per heavy atom. The van der Waals surface area contributed by atoms with Gasteiger partial charge in [-0.3, -0.25) is 24.3 Å². The van der Waals surface area contributed by atoms with Gasteiger partial charge in [-0.1, -0.05) is 26.0 Å². The van der Waals surface area contributed by atoms with Crippen LogP contribution in [0.3, 0.4) is 0 Å². The summed E-state index contributed by atoms with van der Waals surface area (Å²) in [6.07, 6.45) is 2.41. The van der Waals surface area contributed by atoms with Crippen molar-refractivity contribution in [3.05, 3.63) is 71.0 Å². The van der Waals surface area contributed by atoms with Gasteiger partial charge in [0.05, 0.1) is 23.5 Å². The summed E-state index contributed by atoms with van der Waals surface area (Å²) >= 11 is 0. The second-order valence-corrected chi connectivity index (χ2v) is 11.4. The number of fused-ring (bicyclic) bond motifs is 11. The Morgan fingerprint density at radius 2 is 1.72 bits per heavy atom. The minimum Gasteiger partial charge on any atom is -0.507 e. The SMILES string of the molecule is CC(C)[C@@H]1NC(=O)c2cc(ccc2O)Oc2ccc(cc2)C[C@@H](C(=O)NCc2cc(C3CC3)n[nH]2)NC(=O)[C@H](C)NC1=O. The highest BCUT2D eigenvalue weighted by molar-refractivity contribution is 6.00. The summed E-state index contributed by atoms with van der Waals surface area (Å²) in [5, 5.41) is 28.6. The minimum atomic E-state index is -1.01. The van der Waals surface area contributed by atoms with Gasteiger partial charge in [-0.15, -0.1) is 0 Å². The van der Waals surface area contributed by atoms with Crippen molar-refractivity contribution in [2.75, 3.05) is 0 Å². The largest absolute Gasteiger partial charge is 0.507 e. The van der Waals surface area contributed by atoms with Gasteiger partial charge in [0.2, 0.25) is 17.7 Å². The van der Waals surface area contributed by atoms with Crippen LogP contribution in [0.5, 0.6) is 17.2 Å². The Bertz CT molecular complexity index is 1510.